The molecule has 2 heterocycles. The molecule has 0 aliphatic rings. The van der Waals surface area contributed by atoms with Crippen LogP contribution < -0.4 is 10.6 Å². The van der Waals surface area contributed by atoms with Gasteiger partial charge in [-0.15, -0.1) is 0 Å². The summed E-state index contributed by atoms with van der Waals surface area (Å²) < 4.78 is 0. The average Bonchev–Trinajstić information content (AvgIpc) is 2.74. The molecule has 1 amide bonds. The van der Waals surface area contributed by atoms with Gasteiger partial charge in [-0.1, -0.05) is 42.5 Å². The predicted octanol–water partition coefficient (Wildman–Crippen LogP) is 4.61. The molecule has 0 radical (unpaired) electrons. The Labute approximate surface area is 163 Å². The van der Waals surface area contributed by atoms with Crippen molar-refractivity contribution in [1.29, 1.82) is 0 Å². The van der Waals surface area contributed by atoms with Crippen molar-refractivity contribution in [2.75, 3.05) is 5.32 Å². The Morgan fingerprint density at radius 2 is 1.82 bits per heavy atom. The molecular formula is C23H20N4O. The van der Waals surface area contributed by atoms with Gasteiger partial charge in [0.05, 0.1) is 11.1 Å². The molecule has 0 aliphatic carbocycles. The molecule has 0 unspecified atom stereocenters. The second-order valence-corrected chi connectivity index (χ2v) is 6.56. The maximum Gasteiger partial charge on any atom is 0.252 e. The summed E-state index contributed by atoms with van der Waals surface area (Å²) in [5.41, 5.74) is 4.39. The fourth-order valence-electron chi connectivity index (χ4n) is 3.06. The lowest BCUT2D eigenvalue weighted by atomic mass is 10.1. The molecule has 0 saturated heterocycles. The fraction of sp³-hybridized carbons (Fsp3) is 0.0870. The van der Waals surface area contributed by atoms with E-state index in [4.69, 9.17) is 0 Å². The lowest BCUT2D eigenvalue weighted by Gasteiger charge is -2.13. The molecule has 0 spiro atoms. The molecule has 0 atom stereocenters. The number of nitrogens with zero attached hydrogens (tertiary/aromatic N) is 2. The van der Waals surface area contributed by atoms with Gasteiger partial charge in [-0.3, -0.25) is 9.78 Å². The number of amides is 1. The number of benzene rings is 2. The molecule has 138 valence electrons. The zero-order chi connectivity index (χ0) is 19.3. The van der Waals surface area contributed by atoms with E-state index < -0.39 is 0 Å². The van der Waals surface area contributed by atoms with Crippen LogP contribution in [0.2, 0.25) is 0 Å². The Morgan fingerprint density at radius 1 is 1.00 bits per heavy atom. The molecule has 2 aromatic heterocycles. The first-order chi connectivity index (χ1) is 13.7. The maximum atomic E-state index is 12.9. The van der Waals surface area contributed by atoms with E-state index in [1.807, 2.05) is 67.6 Å². The van der Waals surface area contributed by atoms with Gasteiger partial charge in [-0.05, 0) is 42.3 Å². The van der Waals surface area contributed by atoms with Crippen LogP contribution in [-0.2, 0) is 6.54 Å². The summed E-state index contributed by atoms with van der Waals surface area (Å²) in [6.07, 6.45) is 3.46. The Balaban J connectivity index is 1.66. The van der Waals surface area contributed by atoms with Crippen molar-refractivity contribution < 1.29 is 4.79 Å². The van der Waals surface area contributed by atoms with Gasteiger partial charge in [-0.2, -0.15) is 0 Å². The van der Waals surface area contributed by atoms with Gasteiger partial charge in [0.1, 0.15) is 5.82 Å². The minimum Gasteiger partial charge on any atom is -0.348 e. The molecule has 5 heteroatoms. The van der Waals surface area contributed by atoms with Crippen LogP contribution in [-0.4, -0.2) is 15.9 Å². The third-order valence-electron chi connectivity index (χ3n) is 4.54. The van der Waals surface area contributed by atoms with E-state index in [1.165, 1.54) is 0 Å². The lowest BCUT2D eigenvalue weighted by Crippen LogP contribution is -2.23. The summed E-state index contributed by atoms with van der Waals surface area (Å²) in [5, 5.41) is 7.13. The SMILES string of the molecule is Cc1ccccc1Nc1cc(C(=O)NCc2cccnc2)c2ccccc2n1. The Morgan fingerprint density at radius 3 is 2.64 bits per heavy atom. The van der Waals surface area contributed by atoms with Gasteiger partial charge in [0.2, 0.25) is 0 Å². The van der Waals surface area contributed by atoms with Crippen molar-refractivity contribution in [3.8, 4) is 0 Å². The quantitative estimate of drug-likeness (QED) is 0.540. The number of nitrogens with one attached hydrogen (secondary N) is 2. The highest BCUT2D eigenvalue weighted by molar-refractivity contribution is 6.07. The normalized spacial score (nSPS) is 10.6. The Bertz CT molecular complexity index is 1130. The van der Waals surface area contributed by atoms with Crippen molar-refractivity contribution in [2.45, 2.75) is 13.5 Å². The van der Waals surface area contributed by atoms with E-state index >= 15 is 0 Å². The van der Waals surface area contributed by atoms with E-state index in [1.54, 1.807) is 18.5 Å². The summed E-state index contributed by atoms with van der Waals surface area (Å²) in [5.74, 6) is 0.495. The summed E-state index contributed by atoms with van der Waals surface area (Å²) >= 11 is 0. The van der Waals surface area contributed by atoms with E-state index in [2.05, 4.69) is 20.6 Å². The van der Waals surface area contributed by atoms with Gasteiger partial charge < -0.3 is 10.6 Å². The Hall–Kier alpha value is -3.73. The van der Waals surface area contributed by atoms with Crippen molar-refractivity contribution in [2.24, 2.45) is 0 Å². The third-order valence-corrected chi connectivity index (χ3v) is 4.54. The first-order valence-electron chi connectivity index (χ1n) is 9.10. The van der Waals surface area contributed by atoms with Crippen LogP contribution in [0.3, 0.4) is 0 Å². The number of hydrogen-bond acceptors (Lipinski definition) is 4. The molecule has 5 nitrogen and oxygen atoms in total. The summed E-state index contributed by atoms with van der Waals surface area (Å²) in [4.78, 5) is 21.7. The van der Waals surface area contributed by atoms with Crippen LogP contribution in [0.1, 0.15) is 21.5 Å². The highest BCUT2D eigenvalue weighted by Crippen LogP contribution is 2.24. The van der Waals surface area contributed by atoms with E-state index in [0.29, 0.717) is 17.9 Å². The summed E-state index contributed by atoms with van der Waals surface area (Å²) in [6, 6.07) is 21.2. The zero-order valence-electron chi connectivity index (χ0n) is 15.5. The number of carbonyl (C=O) groups excluding carboxylic acids is 1. The van der Waals surface area contributed by atoms with Crippen LogP contribution in [0.15, 0.2) is 79.1 Å². The van der Waals surface area contributed by atoms with Crippen molar-refractivity contribution in [3.63, 3.8) is 0 Å². The number of anilines is 2. The van der Waals surface area contributed by atoms with Crippen LogP contribution >= 0.6 is 0 Å². The number of rotatable bonds is 5. The first kappa shape index (κ1) is 17.7. The van der Waals surface area contributed by atoms with Crippen molar-refractivity contribution in [1.82, 2.24) is 15.3 Å². The van der Waals surface area contributed by atoms with Gasteiger partial charge >= 0.3 is 0 Å². The Kier molecular flexibility index (Phi) is 4.97. The number of para-hydroxylation sites is 2. The van der Waals surface area contributed by atoms with Crippen LogP contribution in [0.5, 0.6) is 0 Å². The van der Waals surface area contributed by atoms with Crippen LogP contribution in [0.4, 0.5) is 11.5 Å². The number of hydrogen-bond donors (Lipinski definition) is 2. The minimum atomic E-state index is -0.143. The van der Waals surface area contributed by atoms with E-state index in [0.717, 1.165) is 27.7 Å². The highest BCUT2D eigenvalue weighted by atomic mass is 16.1. The second kappa shape index (κ2) is 7.88. The van der Waals surface area contributed by atoms with Gasteiger partial charge in [0.25, 0.3) is 5.91 Å². The molecule has 0 bridgehead atoms. The number of aromatic nitrogens is 2. The first-order valence-corrected chi connectivity index (χ1v) is 9.10. The standard InChI is InChI=1S/C23H20N4O/c1-16-7-2-4-10-20(16)26-22-13-19(18-9-3-5-11-21(18)27-22)23(28)25-15-17-8-6-12-24-14-17/h2-14H,15H2,1H3,(H,25,28)(H,26,27). The van der Waals surface area contributed by atoms with Gasteiger partial charge in [-0.25, -0.2) is 4.98 Å². The molecule has 28 heavy (non-hydrogen) atoms. The highest BCUT2D eigenvalue weighted by Gasteiger charge is 2.13. The molecule has 4 aromatic rings. The molecule has 2 N–H and O–H groups in total. The molecule has 4 rings (SSSR count). The van der Waals surface area contributed by atoms with E-state index in [9.17, 15) is 4.79 Å². The monoisotopic (exact) mass is 368 g/mol. The smallest absolute Gasteiger partial charge is 0.252 e. The number of pyridine rings is 2. The fourth-order valence-corrected chi connectivity index (χ4v) is 3.06. The molecule has 0 fully saturated rings. The number of aryl methyl sites for hydroxylation is 1. The van der Waals surface area contributed by atoms with Crippen molar-refractivity contribution in [3.05, 3.63) is 95.8 Å². The van der Waals surface area contributed by atoms with Crippen molar-refractivity contribution >= 4 is 28.3 Å². The predicted molar refractivity (Wildman–Crippen MR) is 112 cm³/mol. The molecular weight excluding hydrogens is 348 g/mol. The molecule has 0 aliphatic heterocycles. The topological polar surface area (TPSA) is 66.9 Å². The summed E-state index contributed by atoms with van der Waals surface area (Å²) in [6.45, 7) is 2.45. The molecule has 0 saturated carbocycles. The van der Waals surface area contributed by atoms with Gasteiger partial charge in [0.15, 0.2) is 0 Å². The number of carbonyl (C=O) groups is 1. The van der Waals surface area contributed by atoms with Crippen LogP contribution in [0.25, 0.3) is 10.9 Å². The summed E-state index contributed by atoms with van der Waals surface area (Å²) in [7, 11) is 0. The maximum absolute atomic E-state index is 12.9. The second-order valence-electron chi connectivity index (χ2n) is 6.56. The molecule has 2 aromatic carbocycles. The van der Waals surface area contributed by atoms with Gasteiger partial charge in [0, 0.05) is 30.0 Å². The van der Waals surface area contributed by atoms with Crippen LogP contribution in [0, 0.1) is 6.92 Å². The number of fused-ring (bicyclic) bond motifs is 1. The van der Waals surface area contributed by atoms with E-state index in [-0.39, 0.29) is 5.91 Å². The zero-order valence-corrected chi connectivity index (χ0v) is 15.5. The third kappa shape index (κ3) is 3.83. The average molecular weight is 368 g/mol. The lowest BCUT2D eigenvalue weighted by molar-refractivity contribution is 0.0952. The minimum absolute atomic E-state index is 0.143. The largest absolute Gasteiger partial charge is 0.348 e.